The molecule has 7 nitrogen and oxygen atoms in total. The Bertz CT molecular complexity index is 1070. The third-order valence-electron chi connectivity index (χ3n) is 5.31. The molecule has 1 aliphatic heterocycles. The number of benzene rings is 1. The molecule has 2 fully saturated rings. The van der Waals surface area contributed by atoms with Crippen LogP contribution in [0.25, 0.3) is 5.57 Å². The summed E-state index contributed by atoms with van der Waals surface area (Å²) in [5.41, 5.74) is 3.68. The maximum atomic E-state index is 12.7. The highest BCUT2D eigenvalue weighted by molar-refractivity contribution is 9.09. The minimum Gasteiger partial charge on any atom is -0.465 e. The predicted molar refractivity (Wildman–Crippen MR) is 128 cm³/mol. The average molecular weight is 520 g/mol. The first-order valence-corrected chi connectivity index (χ1v) is 13.1. The number of nitrogens with one attached hydrogen (secondary N) is 1. The standard InChI is InChI=1S/C23H26BrN3O4S/c24-16-22(18-2-3-18)19-4-9-23(25-17-19)26-32(28,29)21-7-5-20(6-8-21)31-13-1-10-27-11-14-30-15-12-27/h1,4-9,13,17H,2-3,10-12,14-16H2,(H,25,26)/b13-1+. The van der Waals surface area contributed by atoms with Crippen LogP contribution in [0.15, 0.2) is 65.4 Å². The minimum absolute atomic E-state index is 0.147. The summed E-state index contributed by atoms with van der Waals surface area (Å²) < 4.78 is 38.8. The van der Waals surface area contributed by atoms with Gasteiger partial charge in [-0.3, -0.25) is 9.62 Å². The second-order valence-corrected chi connectivity index (χ2v) is 9.87. The van der Waals surface area contributed by atoms with E-state index in [1.807, 2.05) is 12.1 Å². The molecular weight excluding hydrogens is 494 g/mol. The van der Waals surface area contributed by atoms with Crippen LogP contribution in [-0.4, -0.2) is 56.5 Å². The number of anilines is 1. The number of morpholine rings is 1. The molecule has 1 aromatic heterocycles. The van der Waals surface area contributed by atoms with Crippen molar-refractivity contribution in [1.29, 1.82) is 0 Å². The number of alkyl halides is 1. The van der Waals surface area contributed by atoms with Gasteiger partial charge >= 0.3 is 0 Å². The summed E-state index contributed by atoms with van der Waals surface area (Å²) in [5.74, 6) is 0.856. The molecule has 0 radical (unpaired) electrons. The van der Waals surface area contributed by atoms with Crippen LogP contribution >= 0.6 is 15.9 Å². The highest BCUT2D eigenvalue weighted by Crippen LogP contribution is 2.37. The number of halogens is 1. The largest absolute Gasteiger partial charge is 0.465 e. The van der Waals surface area contributed by atoms with Gasteiger partial charge in [0.05, 0.1) is 24.4 Å². The van der Waals surface area contributed by atoms with Crippen molar-refractivity contribution < 1.29 is 17.9 Å². The van der Waals surface area contributed by atoms with Crippen LogP contribution in [0.4, 0.5) is 5.82 Å². The van der Waals surface area contributed by atoms with Crippen LogP contribution in [0.1, 0.15) is 18.4 Å². The van der Waals surface area contributed by atoms with Crippen LogP contribution in [0.5, 0.6) is 5.75 Å². The van der Waals surface area contributed by atoms with Crippen molar-refractivity contribution in [2.75, 3.05) is 42.9 Å². The zero-order valence-electron chi connectivity index (χ0n) is 17.7. The number of pyridine rings is 1. The van der Waals surface area contributed by atoms with Gasteiger partial charge in [-0.05, 0) is 66.5 Å². The lowest BCUT2D eigenvalue weighted by atomic mass is 10.1. The summed E-state index contributed by atoms with van der Waals surface area (Å²) in [6, 6.07) is 9.88. The Morgan fingerprint density at radius 3 is 2.53 bits per heavy atom. The second kappa shape index (κ2) is 10.6. The number of aromatic nitrogens is 1. The van der Waals surface area contributed by atoms with Crippen molar-refractivity contribution >= 4 is 37.3 Å². The number of ether oxygens (including phenoxy) is 2. The quantitative estimate of drug-likeness (QED) is 0.397. The minimum atomic E-state index is -3.74. The summed E-state index contributed by atoms with van der Waals surface area (Å²) >= 11 is 3.52. The SMILES string of the molecule is O=S(=O)(Nc1ccc(C(CBr)=C2CC2)cn1)c1ccc(O/C=C/CN2CCOCC2)cc1. The smallest absolute Gasteiger partial charge is 0.263 e. The topological polar surface area (TPSA) is 80.8 Å². The molecule has 0 unspecified atom stereocenters. The Morgan fingerprint density at radius 1 is 1.16 bits per heavy atom. The van der Waals surface area contributed by atoms with E-state index in [0.717, 1.165) is 56.6 Å². The van der Waals surface area contributed by atoms with E-state index in [0.29, 0.717) is 5.75 Å². The van der Waals surface area contributed by atoms with Crippen molar-refractivity contribution in [3.05, 3.63) is 66.1 Å². The van der Waals surface area contributed by atoms with Crippen LogP contribution in [0, 0.1) is 0 Å². The Labute approximate surface area is 197 Å². The molecule has 2 heterocycles. The predicted octanol–water partition coefficient (Wildman–Crippen LogP) is 4.05. The zero-order chi connectivity index (χ0) is 22.4. The van der Waals surface area contributed by atoms with E-state index in [2.05, 4.69) is 30.5 Å². The van der Waals surface area contributed by atoms with Gasteiger partial charge < -0.3 is 9.47 Å². The normalized spacial score (nSPS) is 16.8. The first-order valence-electron chi connectivity index (χ1n) is 10.5. The lowest BCUT2D eigenvalue weighted by Crippen LogP contribution is -2.36. The lowest BCUT2D eigenvalue weighted by Gasteiger charge is -2.24. The Kier molecular flexibility index (Phi) is 7.62. The van der Waals surface area contributed by atoms with E-state index in [1.54, 1.807) is 30.7 Å². The lowest BCUT2D eigenvalue weighted by molar-refractivity contribution is 0.0433. The highest BCUT2D eigenvalue weighted by Gasteiger charge is 2.19. The van der Waals surface area contributed by atoms with Gasteiger partial charge in [-0.25, -0.2) is 13.4 Å². The molecule has 1 aromatic carbocycles. The second-order valence-electron chi connectivity index (χ2n) is 7.63. The number of hydrogen-bond acceptors (Lipinski definition) is 6. The molecule has 1 N–H and O–H groups in total. The van der Waals surface area contributed by atoms with Gasteiger partial charge in [0.25, 0.3) is 10.0 Å². The van der Waals surface area contributed by atoms with Crippen molar-refractivity contribution in [2.24, 2.45) is 0 Å². The molecule has 2 aliphatic rings. The molecule has 170 valence electrons. The van der Waals surface area contributed by atoms with Gasteiger partial charge in [0.15, 0.2) is 0 Å². The molecule has 0 amide bonds. The number of sulfonamides is 1. The Morgan fingerprint density at radius 2 is 1.91 bits per heavy atom. The molecular formula is C23H26BrN3O4S. The van der Waals surface area contributed by atoms with E-state index >= 15 is 0 Å². The summed E-state index contributed by atoms with van der Waals surface area (Å²) in [7, 11) is -3.74. The number of nitrogens with zero attached hydrogens (tertiary/aromatic N) is 2. The molecule has 4 rings (SSSR count). The zero-order valence-corrected chi connectivity index (χ0v) is 20.1. The van der Waals surface area contributed by atoms with E-state index < -0.39 is 10.0 Å². The third kappa shape index (κ3) is 6.19. The van der Waals surface area contributed by atoms with Crippen molar-refractivity contribution in [3.63, 3.8) is 0 Å². The van der Waals surface area contributed by atoms with Gasteiger partial charge in [0, 0.05) is 31.2 Å². The fourth-order valence-corrected chi connectivity index (χ4v) is 5.10. The Hall–Kier alpha value is -2.20. The van der Waals surface area contributed by atoms with E-state index in [1.165, 1.54) is 23.3 Å². The van der Waals surface area contributed by atoms with Gasteiger partial charge in [-0.2, -0.15) is 0 Å². The van der Waals surface area contributed by atoms with Crippen LogP contribution in [0.3, 0.4) is 0 Å². The fraction of sp³-hybridized carbons (Fsp3) is 0.348. The maximum absolute atomic E-state index is 12.7. The summed E-state index contributed by atoms with van der Waals surface area (Å²) in [6.45, 7) is 4.13. The Balaban J connectivity index is 1.33. The van der Waals surface area contributed by atoms with Gasteiger partial charge in [-0.15, -0.1) is 0 Å². The molecule has 0 atom stereocenters. The third-order valence-corrected chi connectivity index (χ3v) is 7.24. The van der Waals surface area contributed by atoms with Crippen LogP contribution < -0.4 is 9.46 Å². The molecule has 1 aliphatic carbocycles. The molecule has 1 saturated carbocycles. The van der Waals surface area contributed by atoms with Crippen LogP contribution in [-0.2, 0) is 14.8 Å². The molecule has 9 heteroatoms. The van der Waals surface area contributed by atoms with E-state index in [9.17, 15) is 8.42 Å². The van der Waals surface area contributed by atoms with E-state index in [4.69, 9.17) is 9.47 Å². The molecule has 1 saturated heterocycles. The van der Waals surface area contributed by atoms with E-state index in [-0.39, 0.29) is 10.7 Å². The maximum Gasteiger partial charge on any atom is 0.263 e. The first-order chi connectivity index (χ1) is 15.5. The fourth-order valence-electron chi connectivity index (χ4n) is 3.37. The van der Waals surface area contributed by atoms with Crippen molar-refractivity contribution in [3.8, 4) is 5.75 Å². The average Bonchev–Trinajstić information content (AvgIpc) is 3.64. The highest BCUT2D eigenvalue weighted by atomic mass is 79.9. The first kappa shape index (κ1) is 23.0. The van der Waals surface area contributed by atoms with Gasteiger partial charge in [0.2, 0.25) is 0 Å². The molecule has 0 bridgehead atoms. The summed E-state index contributed by atoms with van der Waals surface area (Å²) in [5, 5.41) is 0.770. The number of hydrogen-bond donors (Lipinski definition) is 1. The summed E-state index contributed by atoms with van der Waals surface area (Å²) in [4.78, 5) is 6.70. The van der Waals surface area contributed by atoms with Gasteiger partial charge in [0.1, 0.15) is 11.6 Å². The molecule has 0 spiro atoms. The molecule has 32 heavy (non-hydrogen) atoms. The van der Waals surface area contributed by atoms with Crippen molar-refractivity contribution in [1.82, 2.24) is 9.88 Å². The van der Waals surface area contributed by atoms with Crippen molar-refractivity contribution in [2.45, 2.75) is 17.7 Å². The number of allylic oxidation sites excluding steroid dienone is 2. The summed E-state index contributed by atoms with van der Waals surface area (Å²) in [6.07, 6.45) is 7.52. The van der Waals surface area contributed by atoms with Gasteiger partial charge in [-0.1, -0.05) is 21.5 Å². The monoisotopic (exact) mass is 519 g/mol. The van der Waals surface area contributed by atoms with Crippen LogP contribution in [0.2, 0.25) is 0 Å². The molecule has 2 aromatic rings. The number of rotatable bonds is 9.